The molecule has 6 heteroatoms. The highest BCUT2D eigenvalue weighted by Crippen LogP contribution is 2.43. The van der Waals surface area contributed by atoms with Gasteiger partial charge in [0.25, 0.3) is 0 Å². The van der Waals surface area contributed by atoms with Crippen molar-refractivity contribution in [2.45, 2.75) is 51.2 Å². The lowest BCUT2D eigenvalue weighted by Crippen LogP contribution is -2.56. The van der Waals surface area contributed by atoms with E-state index in [1.165, 1.54) is 11.6 Å². The van der Waals surface area contributed by atoms with Gasteiger partial charge in [0.2, 0.25) is 0 Å². The number of nitrogens with zero attached hydrogens (tertiary/aromatic N) is 2. The van der Waals surface area contributed by atoms with Gasteiger partial charge in [0.1, 0.15) is 11.6 Å². The van der Waals surface area contributed by atoms with E-state index in [0.29, 0.717) is 6.04 Å². The molecule has 0 bridgehead atoms. The summed E-state index contributed by atoms with van der Waals surface area (Å²) in [6, 6.07) is 15.9. The lowest BCUT2D eigenvalue weighted by atomic mass is 9.83. The van der Waals surface area contributed by atoms with Crippen LogP contribution in [-0.2, 0) is 6.54 Å². The zero-order chi connectivity index (χ0) is 20.3. The number of ether oxygens (including phenoxy) is 1. The van der Waals surface area contributed by atoms with Gasteiger partial charge < -0.3 is 4.74 Å². The molecule has 4 nitrogen and oxygen atoms in total. The average molecular weight is 416 g/mol. The van der Waals surface area contributed by atoms with Crippen molar-refractivity contribution in [1.82, 2.24) is 9.62 Å². The summed E-state index contributed by atoms with van der Waals surface area (Å²) in [7, 11) is 0. The summed E-state index contributed by atoms with van der Waals surface area (Å²) < 4.78 is 25.3. The molecule has 29 heavy (non-hydrogen) atoms. The zero-order valence-corrected chi connectivity index (χ0v) is 18.1. The molecule has 2 fully saturated rings. The quantitative estimate of drug-likeness (QED) is 0.670. The molecule has 4 rings (SSSR count). The number of hydrogen-bond donors (Lipinski definition) is 1. The van der Waals surface area contributed by atoms with Gasteiger partial charge in [-0.05, 0) is 62.1 Å². The third kappa shape index (κ3) is 4.55. The molecular weight excluding hydrogens is 385 g/mol. The molecule has 0 unspecified atom stereocenters. The van der Waals surface area contributed by atoms with Crippen LogP contribution in [-0.4, -0.2) is 36.2 Å². The minimum atomic E-state index is -0.180. The van der Waals surface area contributed by atoms with E-state index in [-0.39, 0.29) is 11.4 Å². The van der Waals surface area contributed by atoms with Gasteiger partial charge in [0.05, 0.1) is 17.8 Å². The van der Waals surface area contributed by atoms with Gasteiger partial charge in [-0.1, -0.05) is 25.1 Å². The zero-order valence-electron chi connectivity index (χ0n) is 17.2. The normalized spacial score (nSPS) is 24.9. The van der Waals surface area contributed by atoms with Gasteiger partial charge in [-0.3, -0.25) is 9.21 Å². The SMILES string of the molecule is CCCOc1cccc(CN2CC[C@]3(CNSN3c3cccc(F)c3)C[C@@H]2C)c1. The van der Waals surface area contributed by atoms with Gasteiger partial charge in [-0.2, -0.15) is 0 Å². The Hall–Kier alpha value is -1.76. The molecule has 1 spiro atoms. The Balaban J connectivity index is 1.44. The molecule has 2 aromatic rings. The summed E-state index contributed by atoms with van der Waals surface area (Å²) >= 11 is 1.61. The van der Waals surface area contributed by atoms with Crippen molar-refractivity contribution in [1.29, 1.82) is 0 Å². The number of halogens is 1. The van der Waals surface area contributed by atoms with E-state index < -0.39 is 0 Å². The summed E-state index contributed by atoms with van der Waals surface area (Å²) in [6.45, 7) is 8.07. The second kappa shape index (κ2) is 8.94. The molecule has 2 heterocycles. The van der Waals surface area contributed by atoms with Crippen LogP contribution in [0.3, 0.4) is 0 Å². The molecule has 156 valence electrons. The van der Waals surface area contributed by atoms with Gasteiger partial charge >= 0.3 is 0 Å². The summed E-state index contributed by atoms with van der Waals surface area (Å²) in [5, 5.41) is 0. The first-order chi connectivity index (χ1) is 14.1. The Morgan fingerprint density at radius 2 is 2.10 bits per heavy atom. The Morgan fingerprint density at radius 3 is 2.90 bits per heavy atom. The molecule has 1 N–H and O–H groups in total. The molecule has 0 saturated carbocycles. The standard InChI is InChI=1S/C23H30FN3OS/c1-3-12-28-22-9-4-6-19(13-22)16-26-11-10-23(15-18(26)2)17-25-29-27(23)21-8-5-7-20(24)14-21/h4-9,13-14,18,25H,3,10-12,15-17H2,1-2H3/t18-,23+/m0/s1. The van der Waals surface area contributed by atoms with Crippen LogP contribution in [0.5, 0.6) is 5.75 Å². The van der Waals surface area contributed by atoms with E-state index >= 15 is 0 Å². The molecule has 0 aliphatic carbocycles. The first kappa shape index (κ1) is 20.5. The van der Waals surface area contributed by atoms with Crippen molar-refractivity contribution >= 4 is 17.8 Å². The predicted octanol–water partition coefficient (Wildman–Crippen LogP) is 5.01. The maximum Gasteiger partial charge on any atom is 0.125 e. The number of likely N-dealkylation sites (tertiary alicyclic amines) is 1. The van der Waals surface area contributed by atoms with Crippen LogP contribution in [0, 0.1) is 5.82 Å². The van der Waals surface area contributed by atoms with E-state index in [4.69, 9.17) is 4.74 Å². The van der Waals surface area contributed by atoms with Gasteiger partial charge in [0.15, 0.2) is 0 Å². The van der Waals surface area contributed by atoms with Crippen molar-refractivity contribution in [3.63, 3.8) is 0 Å². The van der Waals surface area contributed by atoms with E-state index in [2.05, 4.69) is 46.0 Å². The lowest BCUT2D eigenvalue weighted by Gasteiger charge is -2.47. The topological polar surface area (TPSA) is 27.7 Å². The van der Waals surface area contributed by atoms with E-state index in [1.807, 2.05) is 12.1 Å². The minimum Gasteiger partial charge on any atom is -0.494 e. The fourth-order valence-corrected chi connectivity index (χ4v) is 5.56. The van der Waals surface area contributed by atoms with Crippen LogP contribution < -0.4 is 13.8 Å². The largest absolute Gasteiger partial charge is 0.494 e. The van der Waals surface area contributed by atoms with Gasteiger partial charge in [0, 0.05) is 37.8 Å². The Labute approximate surface area is 177 Å². The van der Waals surface area contributed by atoms with E-state index in [1.54, 1.807) is 24.3 Å². The highest BCUT2D eigenvalue weighted by atomic mass is 32.2. The number of piperidine rings is 1. The fraction of sp³-hybridized carbons (Fsp3) is 0.478. The molecule has 0 aromatic heterocycles. The third-order valence-electron chi connectivity index (χ3n) is 5.95. The number of nitrogens with one attached hydrogen (secondary N) is 1. The van der Waals surface area contributed by atoms with Crippen LogP contribution >= 0.6 is 12.1 Å². The molecule has 0 amide bonds. The minimum absolute atomic E-state index is 0.0282. The van der Waals surface area contributed by atoms with Gasteiger partial charge in [-0.25, -0.2) is 9.11 Å². The number of rotatable bonds is 6. The summed E-state index contributed by atoms with van der Waals surface area (Å²) in [6.07, 6.45) is 3.12. The highest BCUT2D eigenvalue weighted by Gasteiger charge is 2.46. The first-order valence-electron chi connectivity index (χ1n) is 10.5. The Bertz CT molecular complexity index is 835. The maximum absolute atomic E-state index is 13.8. The smallest absolute Gasteiger partial charge is 0.125 e. The lowest BCUT2D eigenvalue weighted by molar-refractivity contribution is 0.106. The van der Waals surface area contributed by atoms with Crippen molar-refractivity contribution in [3.05, 3.63) is 59.9 Å². The first-order valence-corrected chi connectivity index (χ1v) is 11.3. The fourth-order valence-electron chi connectivity index (χ4n) is 4.45. The van der Waals surface area contributed by atoms with Crippen LogP contribution in [0.4, 0.5) is 10.1 Å². The molecule has 2 aromatic carbocycles. The molecule has 2 saturated heterocycles. The van der Waals surface area contributed by atoms with Crippen molar-refractivity contribution in [2.75, 3.05) is 24.0 Å². The Morgan fingerprint density at radius 1 is 1.24 bits per heavy atom. The van der Waals surface area contributed by atoms with Crippen molar-refractivity contribution < 1.29 is 9.13 Å². The van der Waals surface area contributed by atoms with E-state index in [0.717, 1.165) is 56.9 Å². The number of anilines is 1. The van der Waals surface area contributed by atoms with Crippen molar-refractivity contribution in [2.24, 2.45) is 0 Å². The van der Waals surface area contributed by atoms with Crippen LogP contribution in [0.25, 0.3) is 0 Å². The Kier molecular flexibility index (Phi) is 6.32. The van der Waals surface area contributed by atoms with Crippen LogP contribution in [0.1, 0.15) is 38.7 Å². The summed E-state index contributed by atoms with van der Waals surface area (Å²) in [4.78, 5) is 2.55. The molecule has 2 aliphatic rings. The van der Waals surface area contributed by atoms with Gasteiger partial charge in [-0.15, -0.1) is 0 Å². The molecule has 2 aliphatic heterocycles. The monoisotopic (exact) mass is 415 g/mol. The third-order valence-corrected chi connectivity index (χ3v) is 7.00. The molecule has 2 atom stereocenters. The molecular formula is C23H30FN3OS. The summed E-state index contributed by atoms with van der Waals surface area (Å²) in [5.74, 6) is 0.778. The predicted molar refractivity (Wildman–Crippen MR) is 119 cm³/mol. The maximum atomic E-state index is 13.8. The van der Waals surface area contributed by atoms with Crippen LogP contribution in [0.15, 0.2) is 48.5 Å². The average Bonchev–Trinajstić information content (AvgIpc) is 3.12. The van der Waals surface area contributed by atoms with Crippen molar-refractivity contribution in [3.8, 4) is 5.75 Å². The number of benzene rings is 2. The second-order valence-corrected chi connectivity index (χ2v) is 9.02. The number of hydrogen-bond acceptors (Lipinski definition) is 5. The van der Waals surface area contributed by atoms with Crippen LogP contribution in [0.2, 0.25) is 0 Å². The van der Waals surface area contributed by atoms with E-state index in [9.17, 15) is 4.39 Å². The summed E-state index contributed by atoms with van der Waals surface area (Å²) in [5.41, 5.74) is 2.27. The highest BCUT2D eigenvalue weighted by molar-refractivity contribution is 7.99. The molecule has 0 radical (unpaired) electrons. The second-order valence-electron chi connectivity index (χ2n) is 8.18.